The maximum absolute atomic E-state index is 13.5. The molecule has 3 rings (SSSR count). The van der Waals surface area contributed by atoms with Crippen LogP contribution in [0.25, 0.3) is 0 Å². The minimum atomic E-state index is -0.434. The summed E-state index contributed by atoms with van der Waals surface area (Å²) in [6.45, 7) is 6.59. The third-order valence-corrected chi connectivity index (χ3v) is 4.15. The first-order chi connectivity index (χ1) is 12.5. The van der Waals surface area contributed by atoms with Crippen LogP contribution in [0.15, 0.2) is 24.3 Å². The van der Waals surface area contributed by atoms with E-state index >= 15 is 0 Å². The van der Waals surface area contributed by atoms with Crippen molar-refractivity contribution in [1.29, 1.82) is 0 Å². The Bertz CT molecular complexity index is 793. The molecule has 0 atom stereocenters. The van der Waals surface area contributed by atoms with E-state index in [0.717, 1.165) is 24.6 Å². The van der Waals surface area contributed by atoms with Gasteiger partial charge in [-0.25, -0.2) is 19.2 Å². The summed E-state index contributed by atoms with van der Waals surface area (Å²) in [7, 11) is 0. The Hall–Kier alpha value is -2.74. The SMILES string of the molecule is Cc1cc(N2CCOCC2)nc(CNC(=O)Nc2cccc(F)c2C)n1. The molecule has 1 aromatic carbocycles. The number of nitrogens with zero attached hydrogens (tertiary/aromatic N) is 3. The van der Waals surface area contributed by atoms with Crippen LogP contribution in [0.4, 0.5) is 20.7 Å². The maximum atomic E-state index is 13.5. The third kappa shape index (κ3) is 4.45. The number of anilines is 2. The summed E-state index contributed by atoms with van der Waals surface area (Å²) < 4.78 is 18.9. The summed E-state index contributed by atoms with van der Waals surface area (Å²) >= 11 is 0. The number of halogens is 1. The van der Waals surface area contributed by atoms with Crippen LogP contribution in [-0.2, 0) is 11.3 Å². The highest BCUT2D eigenvalue weighted by molar-refractivity contribution is 5.89. The Kier molecular flexibility index (Phi) is 5.62. The number of hydrogen-bond donors (Lipinski definition) is 2. The van der Waals surface area contributed by atoms with Crippen LogP contribution >= 0.6 is 0 Å². The number of nitrogens with one attached hydrogen (secondary N) is 2. The predicted octanol–water partition coefficient (Wildman–Crippen LogP) is 2.39. The first-order valence-electron chi connectivity index (χ1n) is 8.50. The Morgan fingerprint density at radius 1 is 1.27 bits per heavy atom. The summed E-state index contributed by atoms with van der Waals surface area (Å²) in [5.74, 6) is 0.997. The van der Waals surface area contributed by atoms with Crippen molar-refractivity contribution < 1.29 is 13.9 Å². The van der Waals surface area contributed by atoms with Crippen LogP contribution in [0.3, 0.4) is 0 Å². The summed E-state index contributed by atoms with van der Waals surface area (Å²) in [4.78, 5) is 23.1. The van der Waals surface area contributed by atoms with Gasteiger partial charge < -0.3 is 20.3 Å². The number of amides is 2. The molecule has 1 aliphatic rings. The van der Waals surface area contributed by atoms with Gasteiger partial charge in [-0.15, -0.1) is 0 Å². The zero-order valence-corrected chi connectivity index (χ0v) is 14.9. The average molecular weight is 359 g/mol. The van der Waals surface area contributed by atoms with E-state index < -0.39 is 6.03 Å². The Labute approximate surface area is 151 Å². The molecule has 0 radical (unpaired) electrons. The van der Waals surface area contributed by atoms with Crippen LogP contribution in [-0.4, -0.2) is 42.3 Å². The normalized spacial score (nSPS) is 14.2. The van der Waals surface area contributed by atoms with Crippen molar-refractivity contribution in [2.45, 2.75) is 20.4 Å². The molecular weight excluding hydrogens is 337 g/mol. The van der Waals surface area contributed by atoms with Crippen molar-refractivity contribution in [3.8, 4) is 0 Å². The maximum Gasteiger partial charge on any atom is 0.319 e. The second kappa shape index (κ2) is 8.09. The van der Waals surface area contributed by atoms with Crippen molar-refractivity contribution in [3.05, 3.63) is 47.2 Å². The number of rotatable bonds is 4. The lowest BCUT2D eigenvalue weighted by atomic mass is 10.2. The monoisotopic (exact) mass is 359 g/mol. The molecule has 2 N–H and O–H groups in total. The topological polar surface area (TPSA) is 79.4 Å². The molecule has 1 saturated heterocycles. The molecule has 0 unspecified atom stereocenters. The molecule has 26 heavy (non-hydrogen) atoms. The predicted molar refractivity (Wildman–Crippen MR) is 96.8 cm³/mol. The molecule has 2 amide bonds. The van der Waals surface area contributed by atoms with Gasteiger partial charge in [-0.3, -0.25) is 0 Å². The minimum Gasteiger partial charge on any atom is -0.378 e. The van der Waals surface area contributed by atoms with Crippen LogP contribution in [0.2, 0.25) is 0 Å². The largest absolute Gasteiger partial charge is 0.378 e. The molecule has 2 heterocycles. The molecule has 2 aromatic rings. The van der Waals surface area contributed by atoms with Crippen molar-refractivity contribution in [1.82, 2.24) is 15.3 Å². The summed E-state index contributed by atoms with van der Waals surface area (Å²) in [5.41, 5.74) is 1.66. The summed E-state index contributed by atoms with van der Waals surface area (Å²) in [6, 6.07) is 6.04. The summed E-state index contributed by atoms with van der Waals surface area (Å²) in [6.07, 6.45) is 0. The van der Waals surface area contributed by atoms with E-state index in [0.29, 0.717) is 30.3 Å². The zero-order valence-electron chi connectivity index (χ0n) is 14.9. The Morgan fingerprint density at radius 3 is 2.81 bits per heavy atom. The van der Waals surface area contributed by atoms with Gasteiger partial charge in [-0.2, -0.15) is 0 Å². The number of urea groups is 1. The lowest BCUT2D eigenvalue weighted by Gasteiger charge is -2.28. The Morgan fingerprint density at radius 2 is 2.04 bits per heavy atom. The van der Waals surface area contributed by atoms with Gasteiger partial charge in [0.15, 0.2) is 0 Å². The minimum absolute atomic E-state index is 0.180. The highest BCUT2D eigenvalue weighted by atomic mass is 19.1. The van der Waals surface area contributed by atoms with Crippen molar-refractivity contribution in [2.24, 2.45) is 0 Å². The molecule has 138 valence electrons. The fourth-order valence-electron chi connectivity index (χ4n) is 2.71. The Balaban J connectivity index is 1.62. The van der Waals surface area contributed by atoms with E-state index in [4.69, 9.17) is 4.74 Å². The lowest BCUT2D eigenvalue weighted by molar-refractivity contribution is 0.122. The second-order valence-corrected chi connectivity index (χ2v) is 6.10. The fraction of sp³-hybridized carbons (Fsp3) is 0.389. The molecule has 1 fully saturated rings. The van der Waals surface area contributed by atoms with E-state index in [9.17, 15) is 9.18 Å². The van der Waals surface area contributed by atoms with E-state index in [1.54, 1.807) is 19.1 Å². The van der Waals surface area contributed by atoms with Gasteiger partial charge in [0.25, 0.3) is 0 Å². The van der Waals surface area contributed by atoms with Crippen molar-refractivity contribution in [3.63, 3.8) is 0 Å². The van der Waals surface area contributed by atoms with Crippen LogP contribution < -0.4 is 15.5 Å². The third-order valence-electron chi connectivity index (χ3n) is 4.15. The van der Waals surface area contributed by atoms with Gasteiger partial charge in [-0.05, 0) is 26.0 Å². The summed E-state index contributed by atoms with van der Waals surface area (Å²) in [5, 5.41) is 5.35. The van der Waals surface area contributed by atoms with Crippen LogP contribution in [0.5, 0.6) is 0 Å². The number of hydrogen-bond acceptors (Lipinski definition) is 5. The smallest absolute Gasteiger partial charge is 0.319 e. The molecule has 0 bridgehead atoms. The molecule has 0 saturated carbocycles. The molecule has 1 aromatic heterocycles. The molecule has 7 nitrogen and oxygen atoms in total. The van der Waals surface area contributed by atoms with Crippen molar-refractivity contribution in [2.75, 3.05) is 36.5 Å². The van der Waals surface area contributed by atoms with E-state index in [1.165, 1.54) is 6.07 Å². The van der Waals surface area contributed by atoms with Crippen LogP contribution in [0, 0.1) is 19.7 Å². The fourth-order valence-corrected chi connectivity index (χ4v) is 2.71. The second-order valence-electron chi connectivity index (χ2n) is 6.10. The quantitative estimate of drug-likeness (QED) is 0.876. The number of aryl methyl sites for hydroxylation is 1. The van der Waals surface area contributed by atoms with Gasteiger partial charge in [0.1, 0.15) is 17.5 Å². The number of morpholine rings is 1. The number of aromatic nitrogens is 2. The van der Waals surface area contributed by atoms with Gasteiger partial charge in [0, 0.05) is 36.1 Å². The lowest BCUT2D eigenvalue weighted by Crippen LogP contribution is -2.37. The van der Waals surface area contributed by atoms with Crippen molar-refractivity contribution >= 4 is 17.5 Å². The van der Waals surface area contributed by atoms with Gasteiger partial charge in [0.2, 0.25) is 0 Å². The molecule has 1 aliphatic heterocycles. The first-order valence-corrected chi connectivity index (χ1v) is 8.50. The average Bonchev–Trinajstić information content (AvgIpc) is 2.64. The van der Waals surface area contributed by atoms with E-state index in [-0.39, 0.29) is 12.4 Å². The highest BCUT2D eigenvalue weighted by Crippen LogP contribution is 2.17. The first kappa shape index (κ1) is 18.1. The molecular formula is C18H22FN5O2. The highest BCUT2D eigenvalue weighted by Gasteiger charge is 2.14. The number of ether oxygens (including phenoxy) is 1. The van der Waals surface area contributed by atoms with E-state index in [1.807, 2.05) is 13.0 Å². The number of benzene rings is 1. The van der Waals surface area contributed by atoms with Gasteiger partial charge in [-0.1, -0.05) is 6.07 Å². The van der Waals surface area contributed by atoms with Gasteiger partial charge >= 0.3 is 6.03 Å². The standard InChI is InChI=1S/C18H22FN5O2/c1-12-10-17(24-6-8-26-9-7-24)23-16(21-12)11-20-18(25)22-15-5-3-4-14(19)13(15)2/h3-5,10H,6-9,11H2,1-2H3,(H2,20,22,25). The van der Waals surface area contributed by atoms with E-state index in [2.05, 4.69) is 25.5 Å². The number of carbonyl (C=O) groups is 1. The molecule has 0 aliphatic carbocycles. The van der Waals surface area contributed by atoms with Crippen LogP contribution in [0.1, 0.15) is 17.1 Å². The molecule has 8 heteroatoms. The zero-order chi connectivity index (χ0) is 18.5. The number of carbonyl (C=O) groups excluding carboxylic acids is 1. The van der Waals surface area contributed by atoms with Gasteiger partial charge in [0.05, 0.1) is 19.8 Å². The molecule has 0 spiro atoms.